The van der Waals surface area contributed by atoms with Crippen LogP contribution in [-0.2, 0) is 10.0 Å². The Morgan fingerprint density at radius 1 is 0.920 bits per heavy atom. The van der Waals surface area contributed by atoms with Gasteiger partial charge in [0.1, 0.15) is 5.69 Å². The molecule has 1 heterocycles. The summed E-state index contributed by atoms with van der Waals surface area (Å²) in [6.45, 7) is 5.19. The van der Waals surface area contributed by atoms with Crippen LogP contribution >= 0.6 is 0 Å². The van der Waals surface area contributed by atoms with Crippen molar-refractivity contribution in [3.63, 3.8) is 0 Å². The highest BCUT2D eigenvalue weighted by Gasteiger charge is 2.24. The molecule has 25 heavy (non-hydrogen) atoms. The molecule has 130 valence electrons. The van der Waals surface area contributed by atoms with Crippen molar-refractivity contribution < 1.29 is 12.9 Å². The van der Waals surface area contributed by atoms with Gasteiger partial charge in [-0.2, -0.15) is 0 Å². The third kappa shape index (κ3) is 3.66. The smallest absolute Gasteiger partial charge is 0.267 e. The number of anilines is 3. The molecule has 0 aliphatic rings. The highest BCUT2D eigenvalue weighted by Crippen LogP contribution is 2.25. The summed E-state index contributed by atoms with van der Waals surface area (Å²) in [6, 6.07) is 15.0. The van der Waals surface area contributed by atoms with Crippen molar-refractivity contribution in [3.05, 3.63) is 65.5 Å². The molecular weight excluding hydrogens is 338 g/mol. The fourth-order valence-corrected chi connectivity index (χ4v) is 3.95. The molecule has 3 aromatic rings. The molecule has 0 spiro atoms. The summed E-state index contributed by atoms with van der Waals surface area (Å²) in [6.07, 6.45) is 0. The van der Waals surface area contributed by atoms with Crippen molar-refractivity contribution in [2.45, 2.75) is 25.7 Å². The second-order valence-corrected chi connectivity index (χ2v) is 7.40. The predicted octanol–water partition coefficient (Wildman–Crippen LogP) is 4.14. The van der Waals surface area contributed by atoms with E-state index >= 15 is 0 Å². The van der Waals surface area contributed by atoms with E-state index < -0.39 is 10.0 Å². The van der Waals surface area contributed by atoms with Crippen molar-refractivity contribution in [3.8, 4) is 0 Å². The van der Waals surface area contributed by atoms with Gasteiger partial charge >= 0.3 is 0 Å². The lowest BCUT2D eigenvalue weighted by Crippen LogP contribution is -2.14. The molecule has 2 aromatic carbocycles. The first kappa shape index (κ1) is 17.0. The highest BCUT2D eigenvalue weighted by atomic mass is 32.2. The summed E-state index contributed by atoms with van der Waals surface area (Å²) in [7, 11) is -3.74. The Balaban J connectivity index is 1.78. The molecule has 2 N–H and O–H groups in total. The van der Waals surface area contributed by atoms with Gasteiger partial charge in [-0.3, -0.25) is 4.72 Å². The van der Waals surface area contributed by atoms with Gasteiger partial charge in [0.2, 0.25) is 0 Å². The maximum atomic E-state index is 12.5. The van der Waals surface area contributed by atoms with E-state index in [-0.39, 0.29) is 10.7 Å². The van der Waals surface area contributed by atoms with Gasteiger partial charge in [0, 0.05) is 17.1 Å². The van der Waals surface area contributed by atoms with E-state index in [4.69, 9.17) is 4.52 Å². The molecule has 0 aliphatic carbocycles. The monoisotopic (exact) mass is 357 g/mol. The third-order valence-corrected chi connectivity index (χ3v) is 5.42. The third-order valence-electron chi connectivity index (χ3n) is 3.80. The zero-order chi connectivity index (χ0) is 18.0. The van der Waals surface area contributed by atoms with Gasteiger partial charge in [0.15, 0.2) is 10.7 Å². The van der Waals surface area contributed by atoms with Crippen LogP contribution in [0, 0.1) is 20.8 Å². The van der Waals surface area contributed by atoms with Gasteiger partial charge in [-0.25, -0.2) is 8.42 Å². The summed E-state index contributed by atoms with van der Waals surface area (Å²) in [5, 5.41) is 6.99. The fraction of sp³-hybridized carbons (Fsp3) is 0.167. The second kappa shape index (κ2) is 6.60. The van der Waals surface area contributed by atoms with Gasteiger partial charge in [0.05, 0.1) is 0 Å². The van der Waals surface area contributed by atoms with Gasteiger partial charge in [-0.1, -0.05) is 23.4 Å². The van der Waals surface area contributed by atoms with Crippen LogP contribution in [0.3, 0.4) is 0 Å². The van der Waals surface area contributed by atoms with Gasteiger partial charge < -0.3 is 9.84 Å². The molecule has 7 heteroatoms. The first-order valence-corrected chi connectivity index (χ1v) is 9.23. The van der Waals surface area contributed by atoms with Crippen LogP contribution in [0.2, 0.25) is 0 Å². The van der Waals surface area contributed by atoms with E-state index in [0.29, 0.717) is 11.4 Å². The topological polar surface area (TPSA) is 84.2 Å². The molecule has 6 nitrogen and oxygen atoms in total. The van der Waals surface area contributed by atoms with Crippen molar-refractivity contribution in [1.29, 1.82) is 0 Å². The lowest BCUT2D eigenvalue weighted by Gasteiger charge is -2.11. The largest absolute Gasteiger partial charge is 0.360 e. The van der Waals surface area contributed by atoms with E-state index in [9.17, 15) is 8.42 Å². The van der Waals surface area contributed by atoms with Crippen LogP contribution in [0.4, 0.5) is 17.1 Å². The lowest BCUT2D eigenvalue weighted by atomic mass is 10.2. The van der Waals surface area contributed by atoms with Crippen LogP contribution in [0.25, 0.3) is 0 Å². The van der Waals surface area contributed by atoms with Gasteiger partial charge in [0.25, 0.3) is 10.0 Å². The normalized spacial score (nSPS) is 11.3. The minimum absolute atomic E-state index is 0.0783. The SMILES string of the molecule is Cc1ccccc1Nc1ccc(NS(=O)(=O)c2c(C)noc2C)cc1. The fourth-order valence-electron chi connectivity index (χ4n) is 2.55. The van der Waals surface area contributed by atoms with Gasteiger partial charge in [-0.05, 0) is 56.7 Å². The Morgan fingerprint density at radius 2 is 1.56 bits per heavy atom. The summed E-state index contributed by atoms with van der Waals surface area (Å²) in [5.41, 5.74) is 3.81. The number of benzene rings is 2. The van der Waals surface area contributed by atoms with Crippen LogP contribution in [-0.4, -0.2) is 13.6 Å². The van der Waals surface area contributed by atoms with Crippen LogP contribution in [0.5, 0.6) is 0 Å². The maximum Gasteiger partial charge on any atom is 0.267 e. The van der Waals surface area contributed by atoms with E-state index in [1.807, 2.05) is 43.3 Å². The van der Waals surface area contributed by atoms with E-state index in [1.165, 1.54) is 0 Å². The average molecular weight is 357 g/mol. The number of sulfonamides is 1. The second-order valence-electron chi connectivity index (χ2n) is 5.78. The van der Waals surface area contributed by atoms with Gasteiger partial charge in [-0.15, -0.1) is 0 Å². The van der Waals surface area contributed by atoms with Crippen molar-refractivity contribution in [2.75, 3.05) is 10.0 Å². The Bertz CT molecular complexity index is 973. The molecule has 0 radical (unpaired) electrons. The first-order valence-electron chi connectivity index (χ1n) is 7.75. The summed E-state index contributed by atoms with van der Waals surface area (Å²) >= 11 is 0. The predicted molar refractivity (Wildman–Crippen MR) is 97.7 cm³/mol. The molecule has 0 atom stereocenters. The first-order chi connectivity index (χ1) is 11.9. The molecule has 0 bridgehead atoms. The minimum atomic E-state index is -3.74. The van der Waals surface area contributed by atoms with E-state index in [1.54, 1.807) is 26.0 Å². The van der Waals surface area contributed by atoms with Crippen molar-refractivity contribution >= 4 is 27.1 Å². The molecule has 0 saturated heterocycles. The summed E-state index contributed by atoms with van der Waals surface area (Å²) in [5.74, 6) is 0.267. The Labute approximate surface area is 146 Å². The Morgan fingerprint density at radius 3 is 2.16 bits per heavy atom. The van der Waals surface area contributed by atoms with Crippen molar-refractivity contribution in [2.24, 2.45) is 0 Å². The quantitative estimate of drug-likeness (QED) is 0.717. The maximum absolute atomic E-state index is 12.5. The van der Waals surface area contributed by atoms with Crippen LogP contribution in [0.1, 0.15) is 17.0 Å². The number of nitrogens with one attached hydrogen (secondary N) is 2. The number of hydrogen-bond donors (Lipinski definition) is 2. The van der Waals surface area contributed by atoms with Crippen LogP contribution in [0.15, 0.2) is 57.9 Å². The Kier molecular flexibility index (Phi) is 4.50. The number of aromatic nitrogens is 1. The molecule has 0 unspecified atom stereocenters. The Hall–Kier alpha value is -2.80. The number of hydrogen-bond acceptors (Lipinski definition) is 5. The zero-order valence-corrected chi connectivity index (χ0v) is 15.0. The molecule has 0 fully saturated rings. The van der Waals surface area contributed by atoms with Crippen LogP contribution < -0.4 is 10.0 Å². The summed E-state index contributed by atoms with van der Waals surface area (Å²) in [4.78, 5) is 0.0783. The van der Waals surface area contributed by atoms with E-state index in [0.717, 1.165) is 16.9 Å². The highest BCUT2D eigenvalue weighted by molar-refractivity contribution is 7.92. The van der Waals surface area contributed by atoms with Crippen molar-refractivity contribution in [1.82, 2.24) is 5.16 Å². The number of rotatable bonds is 5. The molecule has 0 aliphatic heterocycles. The molecule has 3 rings (SSSR count). The standard InChI is InChI=1S/C18H19N3O3S/c1-12-6-4-5-7-17(12)19-15-8-10-16(11-9-15)21-25(22,23)18-13(2)20-24-14(18)3/h4-11,19,21H,1-3H3. The van der Waals surface area contributed by atoms with E-state index in [2.05, 4.69) is 15.2 Å². The molecular formula is C18H19N3O3S. The number of aryl methyl sites for hydroxylation is 3. The number of para-hydroxylation sites is 1. The zero-order valence-electron chi connectivity index (χ0n) is 14.2. The number of nitrogens with zero attached hydrogens (tertiary/aromatic N) is 1. The molecule has 0 saturated carbocycles. The molecule has 0 amide bonds. The lowest BCUT2D eigenvalue weighted by molar-refractivity contribution is 0.390. The minimum Gasteiger partial charge on any atom is -0.360 e. The average Bonchev–Trinajstić information content (AvgIpc) is 2.91. The summed E-state index contributed by atoms with van der Waals surface area (Å²) < 4.78 is 32.5. The molecule has 1 aromatic heterocycles.